The normalized spacial score (nSPS) is 15.6. The molecule has 0 aliphatic carbocycles. The van der Waals surface area contributed by atoms with Crippen molar-refractivity contribution in [3.8, 4) is 5.75 Å². The lowest BCUT2D eigenvalue weighted by Crippen LogP contribution is -2.33. The van der Waals surface area contributed by atoms with E-state index in [0.29, 0.717) is 0 Å². The van der Waals surface area contributed by atoms with Gasteiger partial charge in [0.2, 0.25) is 0 Å². The molecule has 0 spiro atoms. The fourth-order valence-corrected chi connectivity index (χ4v) is 4.56. The monoisotopic (exact) mass is 537 g/mol. The summed E-state index contributed by atoms with van der Waals surface area (Å²) in [6.45, 7) is 30.2. The number of nitrogens with zero attached hydrogens (tertiary/aromatic N) is 1. The van der Waals surface area contributed by atoms with Gasteiger partial charge in [-0.2, -0.15) is 0 Å². The van der Waals surface area contributed by atoms with Gasteiger partial charge in [-0.15, -0.1) is 0 Å². The van der Waals surface area contributed by atoms with E-state index < -0.39 is 0 Å². The van der Waals surface area contributed by atoms with Gasteiger partial charge in [-0.05, 0) is 77.0 Å². The summed E-state index contributed by atoms with van der Waals surface area (Å²) in [7, 11) is 0. The molecule has 0 saturated heterocycles. The van der Waals surface area contributed by atoms with Crippen LogP contribution in [-0.2, 0) is 5.41 Å². The van der Waals surface area contributed by atoms with Crippen LogP contribution in [0.3, 0.4) is 0 Å². The molecule has 40 heavy (non-hydrogen) atoms. The number of allylic oxidation sites excluding steroid dienone is 7. The molecule has 0 radical (unpaired) electrons. The maximum atomic E-state index is 11.6. The van der Waals surface area contributed by atoms with Gasteiger partial charge in [0, 0.05) is 11.5 Å². The van der Waals surface area contributed by atoms with E-state index in [1.165, 1.54) is 0 Å². The molecule has 2 heteroatoms. The highest BCUT2D eigenvalue weighted by Crippen LogP contribution is 2.44. The highest BCUT2D eigenvalue weighted by molar-refractivity contribution is 6.06. The van der Waals surface area contributed by atoms with Crippen LogP contribution in [0.15, 0.2) is 102 Å². The number of phenolic OH excluding ortho intramolecular Hbond substituents is 1. The Hall–Kier alpha value is -3.39. The molecule has 2 unspecified atom stereocenters. The SMILES string of the molecule is C=C\C=C/C(=C\C)C(=N/C(=C(/C)C(C)C(=C)c1ccccc1)c1ccc(C(C)(C)C(C)(C)C)cc1O)/C(C)CC. The Labute approximate surface area is 244 Å². The van der Waals surface area contributed by atoms with E-state index in [4.69, 9.17) is 4.99 Å². The zero-order chi connectivity index (χ0) is 30.3. The van der Waals surface area contributed by atoms with Crippen LogP contribution in [0.5, 0.6) is 5.75 Å². The second-order valence-corrected chi connectivity index (χ2v) is 12.4. The van der Waals surface area contributed by atoms with Crippen molar-refractivity contribution in [3.63, 3.8) is 0 Å². The molecule has 0 aliphatic heterocycles. The molecule has 2 rings (SSSR count). The van der Waals surface area contributed by atoms with Crippen LogP contribution in [-0.4, -0.2) is 10.8 Å². The van der Waals surface area contributed by atoms with Gasteiger partial charge in [0.25, 0.3) is 0 Å². The van der Waals surface area contributed by atoms with E-state index in [0.717, 1.165) is 51.2 Å². The van der Waals surface area contributed by atoms with Crippen LogP contribution in [0, 0.1) is 17.3 Å². The first kappa shape index (κ1) is 32.8. The summed E-state index contributed by atoms with van der Waals surface area (Å²) in [4.78, 5) is 5.38. The Morgan fingerprint density at radius 1 is 1.02 bits per heavy atom. The van der Waals surface area contributed by atoms with Crippen molar-refractivity contribution in [2.45, 2.75) is 81.1 Å². The van der Waals surface area contributed by atoms with Crippen molar-refractivity contribution in [2.24, 2.45) is 22.2 Å². The van der Waals surface area contributed by atoms with E-state index in [1.54, 1.807) is 6.08 Å². The molecule has 0 heterocycles. The first-order valence-electron chi connectivity index (χ1n) is 14.5. The number of hydrogen-bond acceptors (Lipinski definition) is 2. The minimum Gasteiger partial charge on any atom is -0.507 e. The molecule has 2 aromatic rings. The smallest absolute Gasteiger partial charge is 0.125 e. The molecular weight excluding hydrogens is 486 g/mol. The van der Waals surface area contributed by atoms with Crippen LogP contribution >= 0.6 is 0 Å². The number of aromatic hydroxyl groups is 1. The lowest BCUT2D eigenvalue weighted by Gasteiger charge is -2.39. The minimum absolute atomic E-state index is 0.0159. The average Bonchev–Trinajstić information content (AvgIpc) is 2.93. The molecule has 0 aromatic heterocycles. The van der Waals surface area contributed by atoms with Gasteiger partial charge in [-0.25, -0.2) is 0 Å². The quantitative estimate of drug-likeness (QED) is 0.224. The topological polar surface area (TPSA) is 32.6 Å². The number of aliphatic imine (C=N–C) groups is 1. The molecule has 2 aromatic carbocycles. The molecule has 0 bridgehead atoms. The summed E-state index contributed by atoms with van der Waals surface area (Å²) in [6.07, 6.45) is 8.84. The van der Waals surface area contributed by atoms with Crippen molar-refractivity contribution >= 4 is 17.0 Å². The number of hydrogen-bond donors (Lipinski definition) is 1. The molecular formula is C38H51NO. The third-order valence-electron chi connectivity index (χ3n) is 8.87. The van der Waals surface area contributed by atoms with Crippen LogP contribution in [0.1, 0.15) is 92.3 Å². The van der Waals surface area contributed by atoms with Crippen LogP contribution < -0.4 is 0 Å². The van der Waals surface area contributed by atoms with Crippen LogP contribution in [0.4, 0.5) is 0 Å². The fraction of sp³-hybridized carbons (Fsp3) is 0.395. The van der Waals surface area contributed by atoms with Crippen LogP contribution in [0.2, 0.25) is 0 Å². The maximum Gasteiger partial charge on any atom is 0.125 e. The Morgan fingerprint density at radius 3 is 2.15 bits per heavy atom. The van der Waals surface area contributed by atoms with E-state index in [9.17, 15) is 5.11 Å². The van der Waals surface area contributed by atoms with Gasteiger partial charge in [0.15, 0.2) is 0 Å². The third-order valence-corrected chi connectivity index (χ3v) is 8.87. The Balaban J connectivity index is 2.88. The number of phenols is 1. The van der Waals surface area contributed by atoms with Gasteiger partial charge in [-0.3, -0.25) is 4.99 Å². The van der Waals surface area contributed by atoms with Gasteiger partial charge < -0.3 is 5.11 Å². The Morgan fingerprint density at radius 2 is 1.65 bits per heavy atom. The highest BCUT2D eigenvalue weighted by Gasteiger charge is 2.35. The van der Waals surface area contributed by atoms with Gasteiger partial charge in [0.05, 0.1) is 11.4 Å². The van der Waals surface area contributed by atoms with Crippen molar-refractivity contribution in [2.75, 3.05) is 0 Å². The summed E-state index contributed by atoms with van der Waals surface area (Å²) in [6, 6.07) is 16.4. The molecule has 0 fully saturated rings. The summed E-state index contributed by atoms with van der Waals surface area (Å²) >= 11 is 0. The molecule has 214 valence electrons. The highest BCUT2D eigenvalue weighted by atomic mass is 16.3. The molecule has 0 aliphatic rings. The average molecular weight is 538 g/mol. The molecule has 0 saturated carbocycles. The summed E-state index contributed by atoms with van der Waals surface area (Å²) in [5.41, 5.74) is 7.78. The summed E-state index contributed by atoms with van der Waals surface area (Å²) in [5.74, 6) is 0.483. The number of benzene rings is 2. The third kappa shape index (κ3) is 7.42. The molecule has 0 amide bonds. The van der Waals surface area contributed by atoms with Crippen molar-refractivity contribution in [1.29, 1.82) is 0 Å². The largest absolute Gasteiger partial charge is 0.507 e. The molecule has 2 atom stereocenters. The predicted molar refractivity (Wildman–Crippen MR) is 178 cm³/mol. The summed E-state index contributed by atoms with van der Waals surface area (Å²) < 4.78 is 0. The van der Waals surface area contributed by atoms with Crippen molar-refractivity contribution < 1.29 is 5.11 Å². The van der Waals surface area contributed by atoms with Gasteiger partial charge in [0.1, 0.15) is 5.75 Å². The Bertz CT molecular complexity index is 1310. The van der Waals surface area contributed by atoms with Crippen molar-refractivity contribution in [3.05, 3.63) is 114 Å². The minimum atomic E-state index is -0.129. The fourth-order valence-electron chi connectivity index (χ4n) is 4.56. The predicted octanol–water partition coefficient (Wildman–Crippen LogP) is 11.0. The summed E-state index contributed by atoms with van der Waals surface area (Å²) in [5, 5.41) is 11.6. The lowest BCUT2D eigenvalue weighted by atomic mass is 9.65. The first-order valence-corrected chi connectivity index (χ1v) is 14.5. The zero-order valence-corrected chi connectivity index (χ0v) is 26.6. The second kappa shape index (κ2) is 13.8. The molecule has 2 nitrogen and oxygen atoms in total. The van der Waals surface area contributed by atoms with E-state index in [1.807, 2.05) is 43.3 Å². The van der Waals surface area contributed by atoms with Gasteiger partial charge >= 0.3 is 0 Å². The standard InChI is InChI=1S/C38H51NO/c1-13-16-20-30(15-3)35(26(4)14-2)39-36(29(7)27(5)28(6)31-21-18-17-19-22-31)33-24-23-32(25-34(33)40)38(11,12)37(8,9)10/h13,15-27,40H,1,6,14H2,2-5,7-12H3/b20-16-,30-15+,36-29-,39-35+. The lowest BCUT2D eigenvalue weighted by molar-refractivity contribution is 0.225. The second-order valence-electron chi connectivity index (χ2n) is 12.4. The molecule has 1 N–H and O–H groups in total. The first-order chi connectivity index (χ1) is 18.7. The number of rotatable bonds is 11. The van der Waals surface area contributed by atoms with E-state index in [-0.39, 0.29) is 28.4 Å². The van der Waals surface area contributed by atoms with Gasteiger partial charge in [-0.1, -0.05) is 129 Å². The van der Waals surface area contributed by atoms with Crippen LogP contribution in [0.25, 0.3) is 11.3 Å². The maximum absolute atomic E-state index is 11.6. The zero-order valence-electron chi connectivity index (χ0n) is 26.6. The van der Waals surface area contributed by atoms with E-state index in [2.05, 4.69) is 106 Å². The Kier molecular flexibility index (Phi) is 11.3. The van der Waals surface area contributed by atoms with E-state index >= 15 is 0 Å². The van der Waals surface area contributed by atoms with Crippen molar-refractivity contribution in [1.82, 2.24) is 0 Å².